The van der Waals surface area contributed by atoms with Crippen LogP contribution < -0.4 is 5.32 Å². The second-order valence-corrected chi connectivity index (χ2v) is 6.84. The van der Waals surface area contributed by atoms with Crippen LogP contribution in [0.1, 0.15) is 25.5 Å². The fourth-order valence-corrected chi connectivity index (χ4v) is 3.43. The number of hydrogen-bond donors (Lipinski definition) is 1. The molecular weight excluding hydrogens is 357 g/mol. The number of hydrogen-bond acceptors (Lipinski definition) is 3. The Kier molecular flexibility index (Phi) is 6.16. The van der Waals surface area contributed by atoms with Gasteiger partial charge >= 0.3 is 6.03 Å². The van der Waals surface area contributed by atoms with Gasteiger partial charge in [0.05, 0.1) is 17.8 Å². The molecule has 1 fully saturated rings. The normalized spacial score (nSPS) is 15.8. The predicted octanol–water partition coefficient (Wildman–Crippen LogP) is 4.59. The number of halogens is 2. The number of nitrogens with one attached hydrogen (secondary N) is 1. The lowest BCUT2D eigenvalue weighted by atomic mass is 10.0. The molecule has 1 N–H and O–H groups in total. The molecule has 2 amide bonds. The molecule has 140 valence electrons. The maximum Gasteiger partial charge on any atom is 0.322 e. The molecule has 0 atom stereocenters. The number of likely N-dealkylation sites (tertiary alicyclic amines) is 1. The predicted molar refractivity (Wildman–Crippen MR) is 99.8 cm³/mol. The van der Waals surface area contributed by atoms with E-state index in [9.17, 15) is 9.18 Å². The monoisotopic (exact) mass is 379 g/mol. The molecule has 26 heavy (non-hydrogen) atoms. The van der Waals surface area contributed by atoms with Crippen molar-refractivity contribution in [3.05, 3.63) is 53.2 Å². The van der Waals surface area contributed by atoms with Crippen molar-refractivity contribution in [1.82, 2.24) is 9.80 Å². The molecule has 1 aliphatic heterocycles. The Morgan fingerprint density at radius 3 is 2.77 bits per heavy atom. The Bertz CT molecular complexity index is 730. The number of rotatable bonds is 5. The van der Waals surface area contributed by atoms with Crippen LogP contribution in [0.15, 0.2) is 41.0 Å². The van der Waals surface area contributed by atoms with Gasteiger partial charge in [0.15, 0.2) is 0 Å². The van der Waals surface area contributed by atoms with E-state index in [-0.39, 0.29) is 17.1 Å². The zero-order valence-electron chi connectivity index (χ0n) is 14.8. The number of furan rings is 1. The first-order valence-corrected chi connectivity index (χ1v) is 9.22. The number of anilines is 1. The largest absolute Gasteiger partial charge is 0.467 e. The number of urea groups is 1. The van der Waals surface area contributed by atoms with Gasteiger partial charge in [0, 0.05) is 24.8 Å². The highest BCUT2D eigenvalue weighted by atomic mass is 35.5. The Morgan fingerprint density at radius 1 is 1.38 bits per heavy atom. The molecule has 2 heterocycles. The molecule has 0 spiro atoms. The van der Waals surface area contributed by atoms with Gasteiger partial charge in [0.25, 0.3) is 0 Å². The number of carbonyl (C=O) groups excluding carboxylic acids is 1. The van der Waals surface area contributed by atoms with E-state index >= 15 is 0 Å². The smallest absolute Gasteiger partial charge is 0.322 e. The number of nitrogens with zero attached hydrogens (tertiary/aromatic N) is 2. The van der Waals surface area contributed by atoms with Crippen LogP contribution in [0.4, 0.5) is 14.9 Å². The first-order valence-electron chi connectivity index (χ1n) is 8.84. The second kappa shape index (κ2) is 8.56. The van der Waals surface area contributed by atoms with E-state index < -0.39 is 5.82 Å². The zero-order chi connectivity index (χ0) is 18.5. The summed E-state index contributed by atoms with van der Waals surface area (Å²) in [4.78, 5) is 17.1. The Balaban J connectivity index is 1.73. The number of amides is 2. The van der Waals surface area contributed by atoms with Gasteiger partial charge in [0.2, 0.25) is 0 Å². The van der Waals surface area contributed by atoms with Crippen molar-refractivity contribution in [3.63, 3.8) is 0 Å². The van der Waals surface area contributed by atoms with Crippen LogP contribution in [0.3, 0.4) is 0 Å². The molecule has 3 rings (SSSR count). The maximum atomic E-state index is 13.3. The third-order valence-corrected chi connectivity index (χ3v) is 5.07. The third-order valence-electron chi connectivity index (χ3n) is 4.78. The molecular formula is C19H23ClFN3O2. The van der Waals surface area contributed by atoms with E-state index in [2.05, 4.69) is 17.1 Å². The van der Waals surface area contributed by atoms with Gasteiger partial charge in [0.1, 0.15) is 11.6 Å². The van der Waals surface area contributed by atoms with Crippen LogP contribution in [0, 0.1) is 5.82 Å². The number of carbonyl (C=O) groups is 1. The summed E-state index contributed by atoms with van der Waals surface area (Å²) >= 11 is 5.81. The van der Waals surface area contributed by atoms with Gasteiger partial charge < -0.3 is 19.5 Å². The summed E-state index contributed by atoms with van der Waals surface area (Å²) in [6.07, 6.45) is 3.42. The molecule has 0 radical (unpaired) electrons. The minimum absolute atomic E-state index is 0.0170. The maximum absolute atomic E-state index is 13.3. The Labute approximate surface area is 157 Å². The summed E-state index contributed by atoms with van der Waals surface area (Å²) < 4.78 is 18.8. The quantitative estimate of drug-likeness (QED) is 0.826. The van der Waals surface area contributed by atoms with Gasteiger partial charge in [-0.25, -0.2) is 9.18 Å². The van der Waals surface area contributed by atoms with Gasteiger partial charge in [-0.3, -0.25) is 0 Å². The highest BCUT2D eigenvalue weighted by Crippen LogP contribution is 2.23. The SMILES string of the molecule is CCN1CCC(N(Cc2ccco2)C(=O)Nc2ccc(F)c(Cl)c2)CC1. The van der Waals surface area contributed by atoms with Crippen LogP contribution in [0.25, 0.3) is 0 Å². The van der Waals surface area contributed by atoms with E-state index in [1.165, 1.54) is 18.2 Å². The standard InChI is InChI=1S/C19H23ClFN3O2/c1-2-23-9-7-15(8-10-23)24(13-16-4-3-11-26-16)19(25)22-14-5-6-18(21)17(20)12-14/h3-6,11-12,15H,2,7-10,13H2,1H3,(H,22,25). The summed E-state index contributed by atoms with van der Waals surface area (Å²) in [5, 5.41) is 2.81. The van der Waals surface area contributed by atoms with Crippen molar-refractivity contribution >= 4 is 23.3 Å². The first kappa shape index (κ1) is 18.7. The van der Waals surface area contributed by atoms with Crippen molar-refractivity contribution in [3.8, 4) is 0 Å². The lowest BCUT2D eigenvalue weighted by Gasteiger charge is -2.37. The van der Waals surface area contributed by atoms with E-state index in [1.807, 2.05) is 12.1 Å². The third kappa shape index (κ3) is 4.56. The summed E-state index contributed by atoms with van der Waals surface area (Å²) in [6.45, 7) is 5.48. The van der Waals surface area contributed by atoms with E-state index in [0.29, 0.717) is 12.2 Å². The van der Waals surface area contributed by atoms with Crippen LogP contribution in [0.5, 0.6) is 0 Å². The number of piperidine rings is 1. The van der Waals surface area contributed by atoms with Crippen LogP contribution in [0.2, 0.25) is 5.02 Å². The minimum Gasteiger partial charge on any atom is -0.467 e. The van der Waals surface area contributed by atoms with Gasteiger partial charge in [-0.1, -0.05) is 18.5 Å². The molecule has 1 aromatic carbocycles. The summed E-state index contributed by atoms with van der Waals surface area (Å²) in [5.41, 5.74) is 0.469. The topological polar surface area (TPSA) is 48.7 Å². The molecule has 0 unspecified atom stereocenters. The van der Waals surface area contributed by atoms with Crippen molar-refractivity contribution in [1.29, 1.82) is 0 Å². The van der Waals surface area contributed by atoms with Crippen molar-refractivity contribution in [2.45, 2.75) is 32.4 Å². The zero-order valence-corrected chi connectivity index (χ0v) is 15.5. The summed E-state index contributed by atoms with van der Waals surface area (Å²) in [7, 11) is 0. The van der Waals surface area contributed by atoms with Gasteiger partial charge in [-0.2, -0.15) is 0 Å². The molecule has 0 saturated carbocycles. The molecule has 2 aromatic rings. The Hall–Kier alpha value is -2.05. The van der Waals surface area contributed by atoms with Crippen molar-refractivity contribution in [2.75, 3.05) is 25.0 Å². The molecule has 5 nitrogen and oxygen atoms in total. The molecule has 0 aliphatic carbocycles. The van der Waals surface area contributed by atoms with Crippen LogP contribution in [-0.4, -0.2) is 41.5 Å². The van der Waals surface area contributed by atoms with Crippen LogP contribution >= 0.6 is 11.6 Å². The average Bonchev–Trinajstić information content (AvgIpc) is 3.16. The molecule has 0 bridgehead atoms. The molecule has 1 aromatic heterocycles. The molecule has 7 heteroatoms. The van der Waals surface area contributed by atoms with E-state index in [4.69, 9.17) is 16.0 Å². The van der Waals surface area contributed by atoms with Gasteiger partial charge in [-0.05, 0) is 49.7 Å². The first-order chi connectivity index (χ1) is 12.6. The second-order valence-electron chi connectivity index (χ2n) is 6.43. The fourth-order valence-electron chi connectivity index (χ4n) is 3.25. The minimum atomic E-state index is -0.510. The number of benzene rings is 1. The summed E-state index contributed by atoms with van der Waals surface area (Å²) in [5.74, 6) is 0.222. The fraction of sp³-hybridized carbons (Fsp3) is 0.421. The lowest BCUT2D eigenvalue weighted by Crippen LogP contribution is -2.48. The highest BCUT2D eigenvalue weighted by Gasteiger charge is 2.28. The highest BCUT2D eigenvalue weighted by molar-refractivity contribution is 6.31. The van der Waals surface area contributed by atoms with Crippen LogP contribution in [-0.2, 0) is 6.54 Å². The molecule has 1 aliphatic rings. The average molecular weight is 380 g/mol. The Morgan fingerprint density at radius 2 is 2.15 bits per heavy atom. The van der Waals surface area contributed by atoms with E-state index in [1.54, 1.807) is 11.2 Å². The van der Waals surface area contributed by atoms with Gasteiger partial charge in [-0.15, -0.1) is 0 Å². The molecule has 1 saturated heterocycles. The lowest BCUT2D eigenvalue weighted by molar-refractivity contribution is 0.121. The van der Waals surface area contributed by atoms with Crippen molar-refractivity contribution in [2.24, 2.45) is 0 Å². The van der Waals surface area contributed by atoms with Crippen molar-refractivity contribution < 1.29 is 13.6 Å². The summed E-state index contributed by atoms with van der Waals surface area (Å²) in [6, 6.07) is 7.72. The van der Waals surface area contributed by atoms with E-state index in [0.717, 1.165) is 38.2 Å².